The fourth-order valence-electron chi connectivity index (χ4n) is 5.83. The quantitative estimate of drug-likeness (QED) is 0.0301. The fraction of sp³-hybridized carbons (Fsp3) is 0.786. The van der Waals surface area contributed by atoms with E-state index in [0.717, 1.165) is 64.2 Å². The number of ether oxygens (including phenoxy) is 4. The van der Waals surface area contributed by atoms with Crippen LogP contribution in [0.4, 0.5) is 0 Å². The molecule has 0 aliphatic carbocycles. The van der Waals surface area contributed by atoms with Gasteiger partial charge in [-0.05, 0) is 51.4 Å². The van der Waals surface area contributed by atoms with Crippen molar-refractivity contribution in [3.05, 3.63) is 48.6 Å². The molecule has 1 rings (SSSR count). The number of carbonyl (C=O) groups is 1. The molecule has 6 unspecified atom stereocenters. The highest BCUT2D eigenvalue weighted by Gasteiger charge is 2.44. The van der Waals surface area contributed by atoms with Gasteiger partial charge in [-0.2, -0.15) is 0 Å². The second-order valence-electron chi connectivity index (χ2n) is 13.7. The van der Waals surface area contributed by atoms with E-state index in [1.807, 2.05) is 0 Å². The van der Waals surface area contributed by atoms with Crippen LogP contribution in [0.3, 0.4) is 0 Å². The highest BCUT2D eigenvalue weighted by Crippen LogP contribution is 2.22. The van der Waals surface area contributed by atoms with E-state index in [1.54, 1.807) is 0 Å². The lowest BCUT2D eigenvalue weighted by Gasteiger charge is -2.39. The van der Waals surface area contributed by atoms with Crippen molar-refractivity contribution in [3.63, 3.8) is 0 Å². The molecule has 1 fully saturated rings. The Labute approximate surface area is 310 Å². The zero-order valence-electron chi connectivity index (χ0n) is 32.1. The first-order chi connectivity index (χ1) is 24.9. The maximum absolute atomic E-state index is 12.6. The van der Waals surface area contributed by atoms with Crippen molar-refractivity contribution in [2.24, 2.45) is 0 Å². The number of unbranched alkanes of at least 4 members (excludes halogenated alkanes) is 14. The van der Waals surface area contributed by atoms with Crippen LogP contribution in [0.1, 0.15) is 149 Å². The van der Waals surface area contributed by atoms with Crippen LogP contribution in [-0.4, -0.2) is 89.6 Å². The third-order valence-corrected chi connectivity index (χ3v) is 9.01. The molecule has 0 spiro atoms. The molecule has 0 aromatic rings. The zero-order chi connectivity index (χ0) is 37.2. The van der Waals surface area contributed by atoms with Crippen molar-refractivity contribution >= 4 is 5.97 Å². The molecule has 0 saturated carbocycles. The topological polar surface area (TPSA) is 135 Å². The Morgan fingerprint density at radius 2 is 1.20 bits per heavy atom. The van der Waals surface area contributed by atoms with Gasteiger partial charge < -0.3 is 39.4 Å². The van der Waals surface area contributed by atoms with Crippen LogP contribution in [0, 0.1) is 0 Å². The van der Waals surface area contributed by atoms with Gasteiger partial charge in [0.05, 0.1) is 19.8 Å². The second-order valence-corrected chi connectivity index (χ2v) is 13.7. The normalized spacial score (nSPS) is 21.9. The Morgan fingerprint density at radius 3 is 1.80 bits per heavy atom. The van der Waals surface area contributed by atoms with Crippen LogP contribution in [0.2, 0.25) is 0 Å². The first-order valence-electron chi connectivity index (χ1n) is 20.2. The summed E-state index contributed by atoms with van der Waals surface area (Å²) in [5.41, 5.74) is 0. The lowest BCUT2D eigenvalue weighted by molar-refractivity contribution is -0.305. The largest absolute Gasteiger partial charge is 0.457 e. The second kappa shape index (κ2) is 34.0. The third kappa shape index (κ3) is 25.7. The molecule has 51 heavy (non-hydrogen) atoms. The molecular formula is C42H74O9. The minimum atomic E-state index is -1.53. The predicted octanol–water partition coefficient (Wildman–Crippen LogP) is 8.19. The van der Waals surface area contributed by atoms with E-state index in [9.17, 15) is 25.2 Å². The Hall–Kier alpha value is -1.85. The lowest BCUT2D eigenvalue weighted by atomic mass is 9.99. The van der Waals surface area contributed by atoms with Gasteiger partial charge in [0.15, 0.2) is 6.29 Å². The highest BCUT2D eigenvalue weighted by atomic mass is 16.7. The van der Waals surface area contributed by atoms with E-state index in [0.29, 0.717) is 13.0 Å². The average Bonchev–Trinajstić information content (AvgIpc) is 3.13. The number of hydrogen-bond acceptors (Lipinski definition) is 9. The fourth-order valence-corrected chi connectivity index (χ4v) is 5.83. The van der Waals surface area contributed by atoms with Crippen molar-refractivity contribution < 1.29 is 44.2 Å². The van der Waals surface area contributed by atoms with Gasteiger partial charge in [0.1, 0.15) is 30.5 Å². The standard InChI is InChI=1S/C42H74O9/c1-3-5-7-9-11-12-13-14-15-16-17-18-19-20-21-22-23-24-25-26-28-30-32-48-34-36(50-38(44)31-29-27-10-8-6-4-2)35-49-42-41(47)40(46)39(45)37(33-43)51-42/h5,7,11-12,14-15,17-18,36-37,39-43,45-47H,3-4,6,8-10,13,16,19-35H2,1-2H3/b7-5-,12-11-,15-14-,18-17-. The molecule has 0 radical (unpaired) electrons. The maximum atomic E-state index is 12.6. The molecule has 9 heteroatoms. The van der Waals surface area contributed by atoms with E-state index in [4.69, 9.17) is 18.9 Å². The van der Waals surface area contributed by atoms with Crippen LogP contribution in [-0.2, 0) is 23.7 Å². The van der Waals surface area contributed by atoms with Crippen molar-refractivity contribution in [2.45, 2.75) is 185 Å². The summed E-state index contributed by atoms with van der Waals surface area (Å²) in [6.07, 6.45) is 33.1. The summed E-state index contributed by atoms with van der Waals surface area (Å²) < 4.78 is 22.6. The van der Waals surface area contributed by atoms with Crippen molar-refractivity contribution in [3.8, 4) is 0 Å². The summed E-state index contributed by atoms with van der Waals surface area (Å²) in [6.45, 7) is 4.35. The Bertz CT molecular complexity index is 916. The van der Waals surface area contributed by atoms with E-state index < -0.39 is 43.4 Å². The monoisotopic (exact) mass is 723 g/mol. The van der Waals surface area contributed by atoms with Crippen LogP contribution in [0.5, 0.6) is 0 Å². The van der Waals surface area contributed by atoms with Crippen LogP contribution in [0.25, 0.3) is 0 Å². The van der Waals surface area contributed by atoms with Gasteiger partial charge >= 0.3 is 5.97 Å². The molecule has 4 N–H and O–H groups in total. The number of esters is 1. The molecule has 0 aromatic heterocycles. The van der Waals surface area contributed by atoms with Crippen LogP contribution < -0.4 is 0 Å². The first kappa shape index (κ1) is 47.2. The predicted molar refractivity (Wildman–Crippen MR) is 205 cm³/mol. The summed E-state index contributed by atoms with van der Waals surface area (Å²) in [5, 5.41) is 39.8. The molecule has 0 bridgehead atoms. The van der Waals surface area contributed by atoms with Crippen molar-refractivity contribution in [1.82, 2.24) is 0 Å². The van der Waals surface area contributed by atoms with Gasteiger partial charge in [-0.15, -0.1) is 0 Å². The number of carbonyl (C=O) groups excluding carboxylic acids is 1. The SMILES string of the molecule is CC/C=C\C/C=C\C/C=C\C/C=C\CCCCCCCCCCCOCC(COC1OC(CO)C(O)C(O)C1O)OC(=O)CCCCCCCC. The van der Waals surface area contributed by atoms with Gasteiger partial charge in [0.25, 0.3) is 0 Å². The molecule has 296 valence electrons. The smallest absolute Gasteiger partial charge is 0.306 e. The lowest BCUT2D eigenvalue weighted by Crippen LogP contribution is -2.59. The number of rotatable bonds is 33. The van der Waals surface area contributed by atoms with Gasteiger partial charge in [-0.3, -0.25) is 4.79 Å². The van der Waals surface area contributed by atoms with Gasteiger partial charge in [0, 0.05) is 13.0 Å². The van der Waals surface area contributed by atoms with E-state index in [2.05, 4.69) is 62.5 Å². The Kier molecular flexibility index (Phi) is 31.4. The number of hydrogen-bond donors (Lipinski definition) is 4. The summed E-state index contributed by atoms with van der Waals surface area (Å²) in [4.78, 5) is 12.6. The zero-order valence-corrected chi connectivity index (χ0v) is 32.1. The molecular weight excluding hydrogens is 648 g/mol. The molecule has 1 heterocycles. The molecule has 1 aliphatic heterocycles. The molecule has 1 aliphatic rings. The average molecular weight is 723 g/mol. The number of aliphatic hydroxyl groups excluding tert-OH is 4. The number of aliphatic hydroxyl groups is 4. The van der Waals surface area contributed by atoms with Gasteiger partial charge in [-0.25, -0.2) is 0 Å². The van der Waals surface area contributed by atoms with Gasteiger partial charge in [-0.1, -0.05) is 140 Å². The summed E-state index contributed by atoms with van der Waals surface area (Å²) in [5.74, 6) is -0.328. The highest BCUT2D eigenvalue weighted by molar-refractivity contribution is 5.69. The van der Waals surface area contributed by atoms with E-state index in [1.165, 1.54) is 64.2 Å². The molecule has 6 atom stereocenters. The minimum Gasteiger partial charge on any atom is -0.457 e. The molecule has 9 nitrogen and oxygen atoms in total. The third-order valence-electron chi connectivity index (χ3n) is 9.01. The summed E-state index contributed by atoms with van der Waals surface area (Å²) in [6, 6.07) is 0. The number of allylic oxidation sites excluding steroid dienone is 8. The Morgan fingerprint density at radius 1 is 0.647 bits per heavy atom. The first-order valence-corrected chi connectivity index (χ1v) is 20.2. The van der Waals surface area contributed by atoms with E-state index >= 15 is 0 Å². The Balaban J connectivity index is 2.18. The van der Waals surface area contributed by atoms with Crippen molar-refractivity contribution in [2.75, 3.05) is 26.4 Å². The van der Waals surface area contributed by atoms with Crippen LogP contribution in [0.15, 0.2) is 48.6 Å². The van der Waals surface area contributed by atoms with Gasteiger partial charge in [0.2, 0.25) is 0 Å². The molecule has 1 saturated heterocycles. The summed E-state index contributed by atoms with van der Waals surface area (Å²) in [7, 11) is 0. The molecule has 0 amide bonds. The van der Waals surface area contributed by atoms with Crippen LogP contribution >= 0.6 is 0 Å². The molecule has 0 aromatic carbocycles. The maximum Gasteiger partial charge on any atom is 0.306 e. The minimum absolute atomic E-state index is 0.117. The van der Waals surface area contributed by atoms with E-state index in [-0.39, 0.29) is 19.2 Å². The van der Waals surface area contributed by atoms with Crippen molar-refractivity contribution in [1.29, 1.82) is 0 Å². The summed E-state index contributed by atoms with van der Waals surface area (Å²) >= 11 is 0.